The van der Waals surface area contributed by atoms with Crippen molar-refractivity contribution in [2.24, 2.45) is 5.73 Å². The molecule has 0 saturated carbocycles. The van der Waals surface area contributed by atoms with Gasteiger partial charge in [-0.25, -0.2) is 0 Å². The lowest BCUT2D eigenvalue weighted by molar-refractivity contribution is -0.154. The number of carbonyl (C=O) groups is 1. The average molecular weight is 552 g/mol. The molecule has 0 radical (unpaired) electrons. The number of hydrogen-bond donors (Lipinski definition) is 1. The first-order valence-corrected chi connectivity index (χ1v) is 9.92. The maximum absolute atomic E-state index is 12.6. The van der Waals surface area contributed by atoms with Gasteiger partial charge in [0.1, 0.15) is 5.60 Å². The fraction of sp³-hybridized carbons (Fsp3) is 0.500. The molecule has 2 rings (SSSR count). The number of carbonyl (C=O) groups excluding carboxylic acids is 1. The van der Waals surface area contributed by atoms with Crippen molar-refractivity contribution in [3.05, 3.63) is 58.2 Å². The Balaban J connectivity index is 0. The molecule has 0 amide bonds. The summed E-state index contributed by atoms with van der Waals surface area (Å²) < 4.78 is 79.7. The van der Waals surface area contributed by atoms with Crippen molar-refractivity contribution in [3.63, 3.8) is 0 Å². The Bertz CT molecular complexity index is 962. The number of rotatable bonds is 4. The van der Waals surface area contributed by atoms with Gasteiger partial charge in [-0.3, -0.25) is 14.8 Å². The van der Waals surface area contributed by atoms with Crippen LogP contribution in [0.15, 0.2) is 24.3 Å². The Morgan fingerprint density at radius 3 is 1.60 bits per heavy atom. The van der Waals surface area contributed by atoms with E-state index in [9.17, 15) is 31.1 Å². The third-order valence-corrected chi connectivity index (χ3v) is 3.88. The van der Waals surface area contributed by atoms with Crippen molar-refractivity contribution in [2.45, 2.75) is 72.0 Å². The zero-order valence-corrected chi connectivity index (χ0v) is 21.4. The maximum Gasteiger partial charge on any atom is 0.416 e. The summed E-state index contributed by atoms with van der Waals surface area (Å²) in [5.74, 6) is -0.450. The number of nitrogens with zero attached hydrogens (tertiary/aromatic N) is 2. The highest BCUT2D eigenvalue weighted by atomic mass is 35.5. The number of hydrogen-bond acceptors (Lipinski definition) is 5. The van der Waals surface area contributed by atoms with Crippen molar-refractivity contribution < 1.29 is 35.9 Å². The Morgan fingerprint density at radius 2 is 1.23 bits per heavy atom. The number of ether oxygens (including phenoxy) is 1. The number of aryl methyl sites for hydroxylation is 3. The lowest BCUT2D eigenvalue weighted by Crippen LogP contribution is -2.24. The van der Waals surface area contributed by atoms with Crippen LogP contribution in [0.5, 0.6) is 0 Å². The van der Waals surface area contributed by atoms with Gasteiger partial charge in [-0.1, -0.05) is 0 Å². The average Bonchev–Trinajstić information content (AvgIpc) is 2.63. The molecule has 2 aromatic heterocycles. The molecule has 2 aromatic rings. The molecule has 0 aliphatic carbocycles. The van der Waals surface area contributed by atoms with Crippen LogP contribution in [0.25, 0.3) is 0 Å². The molecule has 35 heavy (non-hydrogen) atoms. The highest BCUT2D eigenvalue weighted by Crippen LogP contribution is 2.30. The molecule has 0 fully saturated rings. The summed E-state index contributed by atoms with van der Waals surface area (Å²) in [5.41, 5.74) is 4.26. The van der Waals surface area contributed by atoms with Gasteiger partial charge in [0, 0.05) is 30.0 Å². The highest BCUT2D eigenvalue weighted by Gasteiger charge is 2.32. The van der Waals surface area contributed by atoms with E-state index in [4.69, 9.17) is 10.5 Å². The van der Waals surface area contributed by atoms with Gasteiger partial charge >= 0.3 is 18.3 Å². The van der Waals surface area contributed by atoms with E-state index >= 15 is 0 Å². The molecule has 200 valence electrons. The lowest BCUT2D eigenvalue weighted by Gasteiger charge is -2.19. The summed E-state index contributed by atoms with van der Waals surface area (Å²) in [6, 6.07) is 3.92. The number of esters is 1. The van der Waals surface area contributed by atoms with Gasteiger partial charge in [-0.15, -0.1) is 24.8 Å². The third-order valence-electron chi connectivity index (χ3n) is 3.88. The summed E-state index contributed by atoms with van der Waals surface area (Å²) in [5, 5.41) is 0. The molecule has 0 aliphatic heterocycles. The number of alkyl halides is 6. The zero-order chi connectivity index (χ0) is 25.6. The van der Waals surface area contributed by atoms with E-state index in [1.165, 1.54) is 13.8 Å². The molecular formula is C22H29Cl2F6N3O2. The molecule has 0 bridgehead atoms. The lowest BCUT2D eigenvalue weighted by atomic mass is 10.1. The quantitative estimate of drug-likeness (QED) is 0.351. The van der Waals surface area contributed by atoms with Gasteiger partial charge in [-0.2, -0.15) is 26.3 Å². The molecule has 0 spiro atoms. The topological polar surface area (TPSA) is 78.1 Å². The van der Waals surface area contributed by atoms with Gasteiger partial charge in [0.25, 0.3) is 0 Å². The van der Waals surface area contributed by atoms with Gasteiger partial charge < -0.3 is 10.5 Å². The van der Waals surface area contributed by atoms with E-state index in [0.717, 1.165) is 24.3 Å². The standard InChI is InChI=1S/C14H18F3NO2.C8H9F3N2.2ClH/c1-9-7-10(14(15,16)17)8-11(18-9)5-6-12(19)20-13(2,3)4;1-5-2-6(8(9,10)11)3-7(4-12)13-5;;/h7-8H,5-6H2,1-4H3;2-3H,4,12H2,1H3;2*1H. The predicted octanol–water partition coefficient (Wildman–Crippen LogP) is 6.39. The SMILES string of the molecule is Cc1cc(C(F)(F)F)cc(CCC(=O)OC(C)(C)C)n1.Cc1cc(C(F)(F)F)cc(CN)n1.Cl.Cl. The Labute approximate surface area is 212 Å². The fourth-order valence-electron chi connectivity index (χ4n) is 2.66. The molecule has 2 N–H and O–H groups in total. The summed E-state index contributed by atoms with van der Waals surface area (Å²) in [7, 11) is 0. The Morgan fingerprint density at radius 1 is 0.829 bits per heavy atom. The Kier molecular flexibility index (Phi) is 13.9. The smallest absolute Gasteiger partial charge is 0.416 e. The molecule has 0 saturated heterocycles. The molecule has 2 heterocycles. The van der Waals surface area contributed by atoms with Crippen LogP contribution in [0, 0.1) is 13.8 Å². The van der Waals surface area contributed by atoms with Gasteiger partial charge in [0.05, 0.1) is 23.2 Å². The van der Waals surface area contributed by atoms with Crippen molar-refractivity contribution in [3.8, 4) is 0 Å². The van der Waals surface area contributed by atoms with Crippen LogP contribution in [0.2, 0.25) is 0 Å². The minimum atomic E-state index is -4.41. The third kappa shape index (κ3) is 13.5. The molecule has 0 aromatic carbocycles. The van der Waals surface area contributed by atoms with Gasteiger partial charge in [-0.05, 0) is 58.9 Å². The minimum absolute atomic E-state index is 0. The van der Waals surface area contributed by atoms with Crippen LogP contribution in [0.3, 0.4) is 0 Å². The number of pyridine rings is 2. The van der Waals surface area contributed by atoms with Crippen molar-refractivity contribution in [1.29, 1.82) is 0 Å². The molecule has 13 heteroatoms. The van der Waals surface area contributed by atoms with E-state index in [1.54, 1.807) is 20.8 Å². The van der Waals surface area contributed by atoms with Crippen molar-refractivity contribution >= 4 is 30.8 Å². The van der Waals surface area contributed by atoms with E-state index in [1.807, 2.05) is 0 Å². The summed E-state index contributed by atoms with van der Waals surface area (Å²) in [6.07, 6.45) is -8.60. The zero-order valence-electron chi connectivity index (χ0n) is 19.8. The molecule has 0 atom stereocenters. The molecular weight excluding hydrogens is 523 g/mol. The first kappa shape index (κ1) is 35.1. The molecule has 0 unspecified atom stereocenters. The second-order valence-corrected chi connectivity index (χ2v) is 8.26. The van der Waals surface area contributed by atoms with Crippen molar-refractivity contribution in [2.75, 3.05) is 0 Å². The normalized spacial score (nSPS) is 11.4. The summed E-state index contributed by atoms with van der Waals surface area (Å²) in [4.78, 5) is 19.4. The predicted molar refractivity (Wildman–Crippen MR) is 125 cm³/mol. The number of nitrogens with two attached hydrogens (primary N) is 1. The van der Waals surface area contributed by atoms with Crippen molar-refractivity contribution in [1.82, 2.24) is 9.97 Å². The summed E-state index contributed by atoms with van der Waals surface area (Å²) in [6.45, 7) is 8.22. The number of halogens is 8. The van der Waals surface area contributed by atoms with Crippen LogP contribution in [0.1, 0.15) is 61.1 Å². The van der Waals surface area contributed by atoms with Gasteiger partial charge in [0.2, 0.25) is 0 Å². The van der Waals surface area contributed by atoms with Crippen LogP contribution in [-0.2, 0) is 34.8 Å². The monoisotopic (exact) mass is 551 g/mol. The minimum Gasteiger partial charge on any atom is -0.460 e. The fourth-order valence-corrected chi connectivity index (χ4v) is 2.66. The molecule has 5 nitrogen and oxygen atoms in total. The first-order chi connectivity index (χ1) is 14.9. The highest BCUT2D eigenvalue weighted by molar-refractivity contribution is 5.85. The second-order valence-electron chi connectivity index (χ2n) is 8.26. The van der Waals surface area contributed by atoms with Crippen LogP contribution in [-0.4, -0.2) is 21.5 Å². The largest absolute Gasteiger partial charge is 0.460 e. The summed E-state index contributed by atoms with van der Waals surface area (Å²) >= 11 is 0. The molecule has 0 aliphatic rings. The maximum atomic E-state index is 12.6. The van der Waals surface area contributed by atoms with Crippen LogP contribution < -0.4 is 5.73 Å². The van der Waals surface area contributed by atoms with E-state index < -0.39 is 35.0 Å². The second kappa shape index (κ2) is 13.8. The van der Waals surface area contributed by atoms with E-state index in [-0.39, 0.29) is 61.3 Å². The van der Waals surface area contributed by atoms with Crippen LogP contribution >= 0.6 is 24.8 Å². The Hall–Kier alpha value is -2.11. The van der Waals surface area contributed by atoms with E-state index in [2.05, 4.69) is 9.97 Å². The number of aromatic nitrogens is 2. The van der Waals surface area contributed by atoms with Crippen LogP contribution in [0.4, 0.5) is 26.3 Å². The van der Waals surface area contributed by atoms with Gasteiger partial charge in [0.15, 0.2) is 0 Å². The van der Waals surface area contributed by atoms with E-state index in [0.29, 0.717) is 5.69 Å². The first-order valence-electron chi connectivity index (χ1n) is 9.92.